The van der Waals surface area contributed by atoms with E-state index in [0.717, 1.165) is 5.56 Å². The van der Waals surface area contributed by atoms with Gasteiger partial charge >= 0.3 is 6.36 Å². The molecule has 1 saturated carbocycles. The van der Waals surface area contributed by atoms with Crippen LogP contribution in [0.25, 0.3) is 11.1 Å². The van der Waals surface area contributed by atoms with Crippen molar-refractivity contribution in [1.29, 1.82) is 0 Å². The zero-order valence-corrected chi connectivity index (χ0v) is 21.4. The average Bonchev–Trinajstić information content (AvgIpc) is 3.60. The first-order valence-corrected chi connectivity index (χ1v) is 12.6. The van der Waals surface area contributed by atoms with E-state index in [4.69, 9.17) is 9.47 Å². The second-order valence-corrected chi connectivity index (χ2v) is 9.42. The van der Waals surface area contributed by atoms with Crippen LogP contribution in [0.3, 0.4) is 0 Å². The Bertz CT molecular complexity index is 1400. The number of ether oxygens (including phenoxy) is 3. The molecule has 3 aromatic rings. The number of carbonyl (C=O) groups is 2. The van der Waals surface area contributed by atoms with E-state index in [9.17, 15) is 22.8 Å². The number of rotatable bonds is 8. The molecule has 0 atom stereocenters. The molecule has 2 amide bonds. The van der Waals surface area contributed by atoms with Crippen LogP contribution >= 0.6 is 0 Å². The maximum Gasteiger partial charge on any atom is 0.573 e. The topological polar surface area (TPSA) is 77.1 Å². The fourth-order valence-corrected chi connectivity index (χ4v) is 4.75. The number of fused-ring (bicyclic) bond motifs is 1. The van der Waals surface area contributed by atoms with Gasteiger partial charge in [0.2, 0.25) is 12.7 Å². The molecule has 0 saturated heterocycles. The molecule has 10 heteroatoms. The predicted octanol–water partition coefficient (Wildman–Crippen LogP) is 6.38. The van der Waals surface area contributed by atoms with Crippen LogP contribution in [0.5, 0.6) is 17.2 Å². The molecule has 0 spiro atoms. The van der Waals surface area contributed by atoms with Crippen LogP contribution < -0.4 is 19.5 Å². The summed E-state index contributed by atoms with van der Waals surface area (Å²) in [5.74, 6) is 0.338. The molecular formula is C29H29F3N2O5. The van der Waals surface area contributed by atoms with E-state index in [1.165, 1.54) is 18.2 Å². The van der Waals surface area contributed by atoms with Gasteiger partial charge < -0.3 is 24.4 Å². The number of nitrogens with zero attached hydrogens (tertiary/aromatic N) is 1. The van der Waals surface area contributed by atoms with Gasteiger partial charge in [0, 0.05) is 31.3 Å². The van der Waals surface area contributed by atoms with Crippen molar-refractivity contribution in [2.75, 3.05) is 25.2 Å². The second-order valence-electron chi connectivity index (χ2n) is 9.42. The summed E-state index contributed by atoms with van der Waals surface area (Å²) in [4.78, 5) is 27.7. The van der Waals surface area contributed by atoms with Gasteiger partial charge in [-0.15, -0.1) is 13.2 Å². The molecule has 2 aliphatic rings. The molecule has 1 heterocycles. The lowest BCUT2D eigenvalue weighted by molar-refractivity contribution is -0.274. The van der Waals surface area contributed by atoms with E-state index in [1.54, 1.807) is 41.3 Å². The maximum atomic E-state index is 13.4. The first-order chi connectivity index (χ1) is 18.6. The average molecular weight is 543 g/mol. The van der Waals surface area contributed by atoms with Crippen molar-refractivity contribution in [3.63, 3.8) is 0 Å². The molecule has 206 valence electrons. The summed E-state index contributed by atoms with van der Waals surface area (Å²) in [7, 11) is 0. The molecule has 0 bridgehead atoms. The Hall–Kier alpha value is -4.21. The highest BCUT2D eigenvalue weighted by atomic mass is 19.4. The molecule has 0 unspecified atom stereocenters. The van der Waals surface area contributed by atoms with Gasteiger partial charge in [-0.2, -0.15) is 0 Å². The Kier molecular flexibility index (Phi) is 6.88. The number of nitrogens with one attached hydrogen (secondary N) is 1. The first kappa shape index (κ1) is 26.4. The molecule has 0 aromatic heterocycles. The lowest BCUT2D eigenvalue weighted by Gasteiger charge is -2.19. The number of benzene rings is 3. The van der Waals surface area contributed by atoms with E-state index in [2.05, 4.69) is 10.1 Å². The van der Waals surface area contributed by atoms with Gasteiger partial charge in [0.05, 0.1) is 5.41 Å². The Balaban J connectivity index is 0.00000370. The van der Waals surface area contributed by atoms with Crippen LogP contribution in [0, 0.1) is 0 Å². The molecule has 1 aliphatic heterocycles. The first-order valence-electron chi connectivity index (χ1n) is 12.6. The molecule has 0 radical (unpaired) electrons. The van der Waals surface area contributed by atoms with Crippen LogP contribution in [-0.4, -0.2) is 43.0 Å². The number of halogens is 3. The van der Waals surface area contributed by atoms with Crippen molar-refractivity contribution >= 4 is 17.5 Å². The van der Waals surface area contributed by atoms with Crippen LogP contribution in [-0.2, 0) is 10.2 Å². The number of alkyl halides is 3. The lowest BCUT2D eigenvalue weighted by Crippen LogP contribution is -2.30. The minimum atomic E-state index is -4.91. The highest BCUT2D eigenvalue weighted by molar-refractivity contribution is 6.02. The monoisotopic (exact) mass is 542 g/mol. The van der Waals surface area contributed by atoms with Gasteiger partial charge in [0.1, 0.15) is 5.75 Å². The third-order valence-electron chi connectivity index (χ3n) is 7.07. The van der Waals surface area contributed by atoms with E-state index in [1.807, 2.05) is 19.9 Å². The number of anilines is 1. The van der Waals surface area contributed by atoms with Crippen LogP contribution in [0.1, 0.15) is 44.0 Å². The van der Waals surface area contributed by atoms with Crippen molar-refractivity contribution in [3.05, 3.63) is 71.8 Å². The normalized spacial score (nSPS) is 15.0. The van der Waals surface area contributed by atoms with Crippen molar-refractivity contribution in [1.82, 2.24) is 4.90 Å². The Morgan fingerprint density at radius 1 is 0.974 bits per heavy atom. The number of carbonyl (C=O) groups excluding carboxylic acids is 2. The largest absolute Gasteiger partial charge is 0.573 e. The minimum Gasteiger partial charge on any atom is -0.454 e. The summed E-state index contributed by atoms with van der Waals surface area (Å²) in [5.41, 5.74) is 1.30. The van der Waals surface area contributed by atoms with Gasteiger partial charge in [-0.1, -0.05) is 18.2 Å². The second kappa shape index (κ2) is 10.2. The Morgan fingerprint density at radius 2 is 1.67 bits per heavy atom. The lowest BCUT2D eigenvalue weighted by atomic mass is 9.94. The van der Waals surface area contributed by atoms with Crippen LogP contribution in [0.15, 0.2) is 60.7 Å². The van der Waals surface area contributed by atoms with Crippen molar-refractivity contribution in [2.45, 2.75) is 38.5 Å². The number of hydrogen-bond donors (Lipinski definition) is 1. The summed E-state index contributed by atoms with van der Waals surface area (Å²) in [6.45, 7) is 4.94. The fourth-order valence-electron chi connectivity index (χ4n) is 4.75. The molecule has 7 nitrogen and oxygen atoms in total. The zero-order chi connectivity index (χ0) is 27.8. The summed E-state index contributed by atoms with van der Waals surface area (Å²) in [6, 6.07) is 15.6. The van der Waals surface area contributed by atoms with Gasteiger partial charge in [0.25, 0.3) is 5.91 Å². The zero-order valence-electron chi connectivity index (χ0n) is 21.4. The van der Waals surface area contributed by atoms with Crippen LogP contribution in [0.4, 0.5) is 18.9 Å². The highest BCUT2D eigenvalue weighted by Crippen LogP contribution is 2.51. The molecule has 1 fully saturated rings. The van der Waals surface area contributed by atoms with Gasteiger partial charge in [-0.05, 0) is 80.3 Å². The predicted molar refractivity (Wildman–Crippen MR) is 140 cm³/mol. The molecule has 1 N–H and O–H groups in total. The molecule has 3 aromatic carbocycles. The summed E-state index contributed by atoms with van der Waals surface area (Å²) >= 11 is 0. The third-order valence-corrected chi connectivity index (χ3v) is 7.07. The standard InChI is InChI=1S/C29H27F3N2O5.H2/c1-3-34(4-2)26(35)19-7-5-18(6-8-19)22-16-21(10-12-23(22)39-29(30,31)32)33-27(36)28(13-14-28)20-9-11-24-25(15-20)38-17-37-24;/h5-12,15-16H,3-4,13-14,17H2,1-2H3,(H,33,36);1H. The Labute approximate surface area is 225 Å². The van der Waals surface area contributed by atoms with Crippen LogP contribution in [0.2, 0.25) is 0 Å². The van der Waals surface area contributed by atoms with Crippen molar-refractivity contribution < 1.29 is 38.4 Å². The highest BCUT2D eigenvalue weighted by Gasteiger charge is 2.51. The molecule has 5 rings (SSSR count). The van der Waals surface area contributed by atoms with Crippen molar-refractivity contribution in [2.24, 2.45) is 0 Å². The SMILES string of the molecule is CCN(CC)C(=O)c1ccc(-c2cc(NC(=O)C3(c4ccc5c(c4)OCO5)CC3)ccc2OC(F)(F)F)cc1.[HH]. The van der Waals surface area contributed by atoms with Gasteiger partial charge in [-0.25, -0.2) is 0 Å². The molecular weight excluding hydrogens is 513 g/mol. The molecule has 39 heavy (non-hydrogen) atoms. The minimum absolute atomic E-state index is 0. The molecule has 1 aliphatic carbocycles. The third kappa shape index (κ3) is 5.36. The number of hydrogen-bond acceptors (Lipinski definition) is 5. The summed E-state index contributed by atoms with van der Waals surface area (Å²) in [5, 5.41) is 2.86. The summed E-state index contributed by atoms with van der Waals surface area (Å²) < 4.78 is 54.6. The van der Waals surface area contributed by atoms with E-state index in [-0.39, 0.29) is 25.6 Å². The smallest absolute Gasteiger partial charge is 0.454 e. The van der Waals surface area contributed by atoms with Gasteiger partial charge in [0.15, 0.2) is 11.5 Å². The van der Waals surface area contributed by atoms with Crippen molar-refractivity contribution in [3.8, 4) is 28.4 Å². The Morgan fingerprint density at radius 3 is 2.31 bits per heavy atom. The summed E-state index contributed by atoms with van der Waals surface area (Å²) in [6.07, 6.45) is -3.65. The quantitative estimate of drug-likeness (QED) is 0.358. The number of amides is 2. The van der Waals surface area contributed by atoms with Gasteiger partial charge in [-0.3, -0.25) is 9.59 Å². The van der Waals surface area contributed by atoms with E-state index >= 15 is 0 Å². The van der Waals surface area contributed by atoms with E-state index < -0.39 is 17.5 Å². The van der Waals surface area contributed by atoms with E-state index in [0.29, 0.717) is 54.2 Å². The maximum absolute atomic E-state index is 13.4. The fraction of sp³-hybridized carbons (Fsp3) is 0.310.